The molecule has 0 aliphatic heterocycles. The Morgan fingerprint density at radius 2 is 1.52 bits per heavy atom. The number of halogens is 3. The molecule has 0 aliphatic carbocycles. The van der Waals surface area contributed by atoms with Crippen LogP contribution in [-0.2, 0) is 23.8 Å². The Morgan fingerprint density at radius 3 is 2.10 bits per heavy atom. The minimum absolute atomic E-state index is 0.0978. The number of ketones is 1. The summed E-state index contributed by atoms with van der Waals surface area (Å²) in [5.41, 5.74) is 5.75. The molecule has 0 saturated heterocycles. The maximum atomic E-state index is 12.0. The van der Waals surface area contributed by atoms with Gasteiger partial charge >= 0.3 is 12.1 Å². The number of rotatable bonds is 19. The lowest BCUT2D eigenvalue weighted by atomic mass is 10.1. The standard InChI is InChI=1S/C18H34F3N3O5/c1-2-8-27-10-12-29-13-11-28-9-7-23-14-16(25)15(22)5-3-4-6-24-17(26)18(19,20)21/h15,23H,2-14,22H2,1H3,(H,24,26). The van der Waals surface area contributed by atoms with Crippen LogP contribution in [0.1, 0.15) is 32.6 Å². The number of hydrogen-bond acceptors (Lipinski definition) is 7. The van der Waals surface area contributed by atoms with Gasteiger partial charge in [-0.1, -0.05) is 6.92 Å². The number of nitrogens with one attached hydrogen (secondary N) is 2. The molecule has 0 aromatic heterocycles. The average Bonchev–Trinajstić information content (AvgIpc) is 2.67. The first-order valence-electron chi connectivity index (χ1n) is 9.86. The molecule has 8 nitrogen and oxygen atoms in total. The second kappa shape index (κ2) is 17.6. The van der Waals surface area contributed by atoms with Crippen molar-refractivity contribution < 1.29 is 37.0 Å². The molecule has 1 unspecified atom stereocenters. The summed E-state index contributed by atoms with van der Waals surface area (Å²) in [6.45, 7) is 5.70. The number of alkyl halides is 3. The van der Waals surface area contributed by atoms with E-state index < -0.39 is 18.1 Å². The van der Waals surface area contributed by atoms with E-state index in [9.17, 15) is 22.8 Å². The normalized spacial score (nSPS) is 12.7. The second-order valence-electron chi connectivity index (χ2n) is 6.34. The molecule has 0 aliphatic rings. The number of carbonyl (C=O) groups is 2. The summed E-state index contributed by atoms with van der Waals surface area (Å²) in [4.78, 5) is 22.5. The van der Waals surface area contributed by atoms with Gasteiger partial charge in [-0.25, -0.2) is 0 Å². The minimum atomic E-state index is -4.88. The highest BCUT2D eigenvalue weighted by Crippen LogP contribution is 2.14. The van der Waals surface area contributed by atoms with E-state index in [2.05, 4.69) is 5.32 Å². The Labute approximate surface area is 170 Å². The van der Waals surface area contributed by atoms with Crippen molar-refractivity contribution in [1.82, 2.24) is 10.6 Å². The van der Waals surface area contributed by atoms with Gasteiger partial charge in [0.25, 0.3) is 0 Å². The number of amides is 1. The highest BCUT2D eigenvalue weighted by atomic mass is 19.4. The molecule has 0 fully saturated rings. The van der Waals surface area contributed by atoms with Gasteiger partial charge in [-0.15, -0.1) is 0 Å². The Kier molecular flexibility index (Phi) is 16.8. The number of ether oxygens (including phenoxy) is 3. The van der Waals surface area contributed by atoms with Crippen LogP contribution in [0.25, 0.3) is 0 Å². The zero-order chi connectivity index (χ0) is 22.0. The van der Waals surface area contributed by atoms with Gasteiger partial charge in [0.1, 0.15) is 0 Å². The third-order valence-electron chi connectivity index (χ3n) is 3.71. The summed E-state index contributed by atoms with van der Waals surface area (Å²) in [7, 11) is 0. The number of hydrogen-bond donors (Lipinski definition) is 3. The van der Waals surface area contributed by atoms with Gasteiger partial charge in [0.15, 0.2) is 5.78 Å². The van der Waals surface area contributed by atoms with E-state index in [0.717, 1.165) is 13.0 Å². The van der Waals surface area contributed by atoms with Gasteiger partial charge in [0.2, 0.25) is 0 Å². The maximum absolute atomic E-state index is 12.0. The molecule has 172 valence electrons. The van der Waals surface area contributed by atoms with Crippen LogP contribution in [-0.4, -0.2) is 83.2 Å². The van der Waals surface area contributed by atoms with Gasteiger partial charge in [-0.3, -0.25) is 9.59 Å². The van der Waals surface area contributed by atoms with Crippen molar-refractivity contribution in [2.24, 2.45) is 5.73 Å². The molecule has 0 aromatic rings. The van der Waals surface area contributed by atoms with E-state index in [-0.39, 0.29) is 18.9 Å². The smallest absolute Gasteiger partial charge is 0.379 e. The molecule has 11 heteroatoms. The van der Waals surface area contributed by atoms with E-state index >= 15 is 0 Å². The van der Waals surface area contributed by atoms with Crippen LogP contribution in [0, 0.1) is 0 Å². The molecule has 0 heterocycles. The largest absolute Gasteiger partial charge is 0.471 e. The molecule has 0 saturated carbocycles. The first kappa shape index (κ1) is 27.7. The maximum Gasteiger partial charge on any atom is 0.471 e. The summed E-state index contributed by atoms with van der Waals surface area (Å²) in [6.07, 6.45) is -2.79. The summed E-state index contributed by atoms with van der Waals surface area (Å²) in [5, 5.41) is 4.70. The third kappa shape index (κ3) is 17.3. The predicted molar refractivity (Wildman–Crippen MR) is 102 cm³/mol. The lowest BCUT2D eigenvalue weighted by Gasteiger charge is -2.12. The van der Waals surface area contributed by atoms with Crippen LogP contribution in [0.15, 0.2) is 0 Å². The van der Waals surface area contributed by atoms with E-state index in [1.807, 2.05) is 6.92 Å². The van der Waals surface area contributed by atoms with Crippen molar-refractivity contribution in [2.75, 3.05) is 59.3 Å². The highest BCUT2D eigenvalue weighted by Gasteiger charge is 2.38. The Bertz CT molecular complexity index is 439. The number of Topliss-reactive ketones (excluding diaryl/α,β-unsaturated/α-hetero) is 1. The van der Waals surface area contributed by atoms with Crippen molar-refractivity contribution in [3.8, 4) is 0 Å². The minimum Gasteiger partial charge on any atom is -0.379 e. The first-order chi connectivity index (χ1) is 13.8. The molecule has 29 heavy (non-hydrogen) atoms. The number of carbonyl (C=O) groups excluding carboxylic acids is 2. The van der Waals surface area contributed by atoms with Crippen LogP contribution in [0.5, 0.6) is 0 Å². The summed E-state index contributed by atoms with van der Waals surface area (Å²) >= 11 is 0. The Balaban J connectivity index is 3.46. The quantitative estimate of drug-likeness (QED) is 0.260. The predicted octanol–water partition coefficient (Wildman–Crippen LogP) is 0.781. The molecular weight excluding hydrogens is 395 g/mol. The molecule has 0 bridgehead atoms. The lowest BCUT2D eigenvalue weighted by molar-refractivity contribution is -0.173. The van der Waals surface area contributed by atoms with E-state index in [1.54, 1.807) is 5.32 Å². The van der Waals surface area contributed by atoms with Crippen molar-refractivity contribution in [2.45, 2.75) is 44.8 Å². The Hall–Kier alpha value is -1.27. The second-order valence-corrected chi connectivity index (χ2v) is 6.34. The summed E-state index contributed by atoms with van der Waals surface area (Å²) < 4.78 is 51.9. The molecule has 1 atom stereocenters. The van der Waals surface area contributed by atoms with Gasteiger partial charge in [-0.2, -0.15) is 13.2 Å². The fourth-order valence-electron chi connectivity index (χ4n) is 2.13. The van der Waals surface area contributed by atoms with Gasteiger partial charge in [-0.05, 0) is 25.7 Å². The van der Waals surface area contributed by atoms with Crippen LogP contribution >= 0.6 is 0 Å². The van der Waals surface area contributed by atoms with Gasteiger partial charge in [0, 0.05) is 19.7 Å². The SMILES string of the molecule is CCCOCCOCCOCCNCC(=O)C(N)CCCCNC(=O)C(F)(F)F. The zero-order valence-corrected chi connectivity index (χ0v) is 17.0. The molecule has 0 radical (unpaired) electrons. The van der Waals surface area contributed by atoms with Crippen LogP contribution in [0.2, 0.25) is 0 Å². The molecule has 0 rings (SSSR count). The van der Waals surface area contributed by atoms with Gasteiger partial charge in [0.05, 0.1) is 45.6 Å². The van der Waals surface area contributed by atoms with Gasteiger partial charge < -0.3 is 30.6 Å². The lowest BCUT2D eigenvalue weighted by Crippen LogP contribution is -2.39. The average molecular weight is 429 g/mol. The Morgan fingerprint density at radius 1 is 0.931 bits per heavy atom. The summed E-state index contributed by atoms with van der Waals surface area (Å²) in [5.74, 6) is -2.14. The van der Waals surface area contributed by atoms with E-state index in [4.69, 9.17) is 19.9 Å². The third-order valence-corrected chi connectivity index (χ3v) is 3.71. The van der Waals surface area contributed by atoms with Crippen molar-refractivity contribution in [3.63, 3.8) is 0 Å². The monoisotopic (exact) mass is 429 g/mol. The first-order valence-corrected chi connectivity index (χ1v) is 9.86. The molecule has 4 N–H and O–H groups in total. The van der Waals surface area contributed by atoms with Crippen LogP contribution in [0.4, 0.5) is 13.2 Å². The van der Waals surface area contributed by atoms with Crippen molar-refractivity contribution in [3.05, 3.63) is 0 Å². The van der Waals surface area contributed by atoms with Crippen molar-refractivity contribution >= 4 is 11.7 Å². The molecular formula is C18H34F3N3O5. The number of nitrogens with two attached hydrogens (primary N) is 1. The topological polar surface area (TPSA) is 112 Å². The van der Waals surface area contributed by atoms with Crippen LogP contribution in [0.3, 0.4) is 0 Å². The number of unbranched alkanes of at least 4 members (excludes halogenated alkanes) is 1. The highest BCUT2D eigenvalue weighted by molar-refractivity contribution is 5.85. The molecule has 0 spiro atoms. The fraction of sp³-hybridized carbons (Fsp3) is 0.889. The molecule has 0 aromatic carbocycles. The van der Waals surface area contributed by atoms with E-state index in [0.29, 0.717) is 58.8 Å². The fourth-order valence-corrected chi connectivity index (χ4v) is 2.13. The van der Waals surface area contributed by atoms with Crippen molar-refractivity contribution in [1.29, 1.82) is 0 Å². The zero-order valence-electron chi connectivity index (χ0n) is 17.0. The van der Waals surface area contributed by atoms with E-state index in [1.165, 1.54) is 0 Å². The molecule has 1 amide bonds. The van der Waals surface area contributed by atoms with Crippen LogP contribution < -0.4 is 16.4 Å². The summed E-state index contributed by atoms with van der Waals surface area (Å²) in [6, 6.07) is -0.690.